The number of unbranched alkanes of at least 4 members (excludes halogenated alkanes) is 2. The van der Waals surface area contributed by atoms with Crippen molar-refractivity contribution in [2.24, 2.45) is 5.92 Å². The first-order chi connectivity index (χ1) is 15.9. The summed E-state index contributed by atoms with van der Waals surface area (Å²) in [5, 5.41) is 3.56. The second kappa shape index (κ2) is 11.9. The van der Waals surface area contributed by atoms with E-state index in [1.54, 1.807) is 12.1 Å². The predicted octanol–water partition coefficient (Wildman–Crippen LogP) is 3.74. The first kappa shape index (κ1) is 24.9. The molecule has 1 aliphatic carbocycles. The van der Waals surface area contributed by atoms with E-state index in [4.69, 9.17) is 9.47 Å². The van der Waals surface area contributed by atoms with Crippen LogP contribution in [0.4, 0.5) is 0 Å². The summed E-state index contributed by atoms with van der Waals surface area (Å²) in [6.07, 6.45) is 7.31. The second-order valence-corrected chi connectivity index (χ2v) is 8.84. The number of hydrogen-bond donors (Lipinski definition) is 2. The zero-order chi connectivity index (χ0) is 23.8. The van der Waals surface area contributed by atoms with Crippen molar-refractivity contribution in [2.45, 2.75) is 84.7 Å². The molecular formula is C25H37N3O5. The van der Waals surface area contributed by atoms with Crippen LogP contribution in [0.2, 0.25) is 0 Å². The number of nitrogens with one attached hydrogen (secondary N) is 2. The number of rotatable bonds is 11. The highest BCUT2D eigenvalue weighted by Gasteiger charge is 2.22. The van der Waals surface area contributed by atoms with Crippen LogP contribution in [0.15, 0.2) is 21.7 Å². The van der Waals surface area contributed by atoms with Gasteiger partial charge in [0.05, 0.1) is 24.1 Å². The molecule has 2 atom stereocenters. The van der Waals surface area contributed by atoms with Gasteiger partial charge in [0, 0.05) is 25.1 Å². The predicted molar refractivity (Wildman–Crippen MR) is 129 cm³/mol. The summed E-state index contributed by atoms with van der Waals surface area (Å²) < 4.78 is 12.4. The third kappa shape index (κ3) is 6.39. The van der Waals surface area contributed by atoms with Crippen LogP contribution in [0.3, 0.4) is 0 Å². The molecule has 0 spiro atoms. The number of fused-ring (bicyclic) bond motifs is 1. The van der Waals surface area contributed by atoms with Crippen molar-refractivity contribution in [3.8, 4) is 11.5 Å². The topological polar surface area (TPSA) is 102 Å². The molecule has 8 heteroatoms. The molecule has 1 amide bonds. The lowest BCUT2D eigenvalue weighted by atomic mass is 9.86. The highest BCUT2D eigenvalue weighted by molar-refractivity contribution is 5.81. The van der Waals surface area contributed by atoms with Crippen LogP contribution < -0.4 is 26.0 Å². The van der Waals surface area contributed by atoms with E-state index in [1.807, 2.05) is 13.8 Å². The Labute approximate surface area is 194 Å². The van der Waals surface area contributed by atoms with Crippen LogP contribution in [-0.2, 0) is 11.3 Å². The van der Waals surface area contributed by atoms with E-state index in [0.717, 1.165) is 19.3 Å². The van der Waals surface area contributed by atoms with Crippen molar-refractivity contribution in [2.75, 3.05) is 13.2 Å². The number of hydrogen-bond acceptors (Lipinski definition) is 5. The normalized spacial score (nSPS) is 18.3. The first-order valence-electron chi connectivity index (χ1n) is 12.3. The molecule has 1 aromatic heterocycles. The van der Waals surface area contributed by atoms with Crippen molar-refractivity contribution in [1.29, 1.82) is 0 Å². The van der Waals surface area contributed by atoms with E-state index >= 15 is 0 Å². The number of carbonyl (C=O) groups excluding carboxylic acids is 1. The molecule has 0 unspecified atom stereocenters. The first-order valence-corrected chi connectivity index (χ1v) is 12.3. The number of H-pyrrole nitrogens is 1. The number of nitrogens with zero attached hydrogens (tertiary/aromatic N) is 1. The Hall–Kier alpha value is -2.77. The molecule has 33 heavy (non-hydrogen) atoms. The van der Waals surface area contributed by atoms with Gasteiger partial charge in [-0.15, -0.1) is 0 Å². The van der Waals surface area contributed by atoms with Crippen LogP contribution in [0.25, 0.3) is 10.9 Å². The van der Waals surface area contributed by atoms with Crippen molar-refractivity contribution >= 4 is 16.8 Å². The molecule has 1 fully saturated rings. The Balaban J connectivity index is 1.58. The minimum atomic E-state index is -0.442. The fourth-order valence-corrected chi connectivity index (χ4v) is 4.54. The number of aromatic nitrogens is 2. The number of benzene rings is 1. The summed E-state index contributed by atoms with van der Waals surface area (Å²) in [5.41, 5.74) is -0.355. The van der Waals surface area contributed by atoms with Gasteiger partial charge in [0.2, 0.25) is 5.91 Å². The van der Waals surface area contributed by atoms with Crippen molar-refractivity contribution in [3.63, 3.8) is 0 Å². The quantitative estimate of drug-likeness (QED) is 0.498. The highest BCUT2D eigenvalue weighted by Crippen LogP contribution is 2.30. The van der Waals surface area contributed by atoms with Gasteiger partial charge in [-0.25, -0.2) is 4.79 Å². The van der Waals surface area contributed by atoms with Gasteiger partial charge in [-0.1, -0.05) is 26.2 Å². The number of amides is 1. The molecule has 0 radical (unpaired) electrons. The molecule has 0 aliphatic heterocycles. The Bertz CT molecular complexity index is 1060. The maximum Gasteiger partial charge on any atom is 0.328 e. The van der Waals surface area contributed by atoms with Gasteiger partial charge in [-0.2, -0.15) is 0 Å². The minimum Gasteiger partial charge on any atom is -0.490 e. The Morgan fingerprint density at radius 1 is 1.06 bits per heavy atom. The molecule has 0 bridgehead atoms. The fourth-order valence-electron chi connectivity index (χ4n) is 4.54. The fraction of sp³-hybridized carbons (Fsp3) is 0.640. The molecule has 2 N–H and O–H groups in total. The lowest BCUT2D eigenvalue weighted by Crippen LogP contribution is -2.40. The van der Waals surface area contributed by atoms with E-state index < -0.39 is 5.69 Å². The zero-order valence-electron chi connectivity index (χ0n) is 20.1. The van der Waals surface area contributed by atoms with Gasteiger partial charge in [-0.3, -0.25) is 14.2 Å². The third-order valence-electron chi connectivity index (χ3n) is 6.39. The Morgan fingerprint density at radius 3 is 2.45 bits per heavy atom. The van der Waals surface area contributed by atoms with Crippen LogP contribution in [0.5, 0.6) is 11.5 Å². The van der Waals surface area contributed by atoms with Gasteiger partial charge < -0.3 is 19.8 Å². The minimum absolute atomic E-state index is 0.100. The molecular weight excluding hydrogens is 422 g/mol. The van der Waals surface area contributed by atoms with Gasteiger partial charge in [0.1, 0.15) is 0 Å². The highest BCUT2D eigenvalue weighted by atomic mass is 16.5. The molecule has 8 nitrogen and oxygen atoms in total. The van der Waals surface area contributed by atoms with Crippen LogP contribution >= 0.6 is 0 Å². The summed E-state index contributed by atoms with van der Waals surface area (Å²) in [5.74, 6) is 1.63. The average Bonchev–Trinajstić information content (AvgIpc) is 2.78. The molecule has 1 saturated carbocycles. The lowest BCUT2D eigenvalue weighted by Gasteiger charge is -2.29. The van der Waals surface area contributed by atoms with E-state index in [0.29, 0.717) is 67.0 Å². The third-order valence-corrected chi connectivity index (χ3v) is 6.39. The number of ether oxygens (including phenoxy) is 2. The summed E-state index contributed by atoms with van der Waals surface area (Å²) in [6, 6.07) is 3.57. The summed E-state index contributed by atoms with van der Waals surface area (Å²) in [7, 11) is 0. The molecule has 1 aromatic carbocycles. The second-order valence-electron chi connectivity index (χ2n) is 8.84. The smallest absolute Gasteiger partial charge is 0.328 e. The van der Waals surface area contributed by atoms with Gasteiger partial charge in [0.15, 0.2) is 11.5 Å². The molecule has 3 rings (SSSR count). The van der Waals surface area contributed by atoms with Crippen molar-refractivity contribution in [1.82, 2.24) is 14.9 Å². The maximum absolute atomic E-state index is 13.0. The van der Waals surface area contributed by atoms with E-state index in [-0.39, 0.29) is 11.5 Å². The van der Waals surface area contributed by atoms with E-state index in [2.05, 4.69) is 17.2 Å². The monoisotopic (exact) mass is 459 g/mol. The summed E-state index contributed by atoms with van der Waals surface area (Å²) >= 11 is 0. The lowest BCUT2D eigenvalue weighted by molar-refractivity contribution is -0.122. The largest absolute Gasteiger partial charge is 0.490 e. The van der Waals surface area contributed by atoms with Crippen molar-refractivity contribution in [3.05, 3.63) is 33.0 Å². The van der Waals surface area contributed by atoms with Crippen LogP contribution in [0, 0.1) is 5.92 Å². The standard InChI is InChI=1S/C25H37N3O5/c1-4-32-21-15-18-20(16-22(21)33-5-2)27-25(31)28(24(18)30)14-10-6-7-13-23(29)26-19-12-9-8-11-17(19)3/h15-17,19H,4-14H2,1-3H3,(H,26,29)(H,27,31)/t17-,19-/m0/s1. The van der Waals surface area contributed by atoms with Crippen LogP contribution in [-0.4, -0.2) is 34.7 Å². The van der Waals surface area contributed by atoms with Crippen LogP contribution in [0.1, 0.15) is 72.1 Å². The number of carbonyl (C=O) groups is 1. The maximum atomic E-state index is 13.0. The Kier molecular flexibility index (Phi) is 8.97. The molecule has 2 aromatic rings. The number of aromatic amines is 1. The molecule has 1 heterocycles. The van der Waals surface area contributed by atoms with Crippen molar-refractivity contribution < 1.29 is 14.3 Å². The molecule has 0 saturated heterocycles. The summed E-state index contributed by atoms with van der Waals surface area (Å²) in [6.45, 7) is 7.13. The SMILES string of the molecule is CCOc1cc2[nH]c(=O)n(CCCCCC(=O)N[C@H]3CCCC[C@@H]3C)c(=O)c2cc1OCC. The van der Waals surface area contributed by atoms with E-state index in [9.17, 15) is 14.4 Å². The van der Waals surface area contributed by atoms with Gasteiger partial charge in [0.25, 0.3) is 5.56 Å². The van der Waals surface area contributed by atoms with E-state index in [1.165, 1.54) is 23.8 Å². The molecule has 1 aliphatic rings. The Morgan fingerprint density at radius 2 is 1.76 bits per heavy atom. The van der Waals surface area contributed by atoms with Gasteiger partial charge in [-0.05, 0) is 51.5 Å². The summed E-state index contributed by atoms with van der Waals surface area (Å²) in [4.78, 5) is 40.6. The zero-order valence-corrected chi connectivity index (χ0v) is 20.1. The average molecular weight is 460 g/mol. The van der Waals surface area contributed by atoms with Gasteiger partial charge >= 0.3 is 5.69 Å². The molecule has 182 valence electrons.